The number of methoxy groups -OCH3 is 1. The van der Waals surface area contributed by atoms with Crippen LogP contribution in [-0.4, -0.2) is 32.3 Å². The zero-order valence-corrected chi connectivity index (χ0v) is 12.2. The molecule has 1 heterocycles. The number of ether oxygens (including phenoxy) is 1. The Morgan fingerprint density at radius 3 is 2.75 bits per heavy atom. The maximum Gasteiger partial charge on any atom is 0.240 e. The molecular weight excluding hydrogens is 278 g/mol. The second kappa shape index (κ2) is 6.06. The molecule has 7 heteroatoms. The summed E-state index contributed by atoms with van der Waals surface area (Å²) in [5.41, 5.74) is 1.67. The van der Waals surface area contributed by atoms with Crippen molar-refractivity contribution in [2.45, 2.75) is 18.2 Å². The summed E-state index contributed by atoms with van der Waals surface area (Å²) in [6, 6.07) is 6.59. The van der Waals surface area contributed by atoms with Gasteiger partial charge < -0.3 is 4.74 Å². The molecule has 0 unspecified atom stereocenters. The van der Waals surface area contributed by atoms with E-state index in [0.29, 0.717) is 18.7 Å². The fourth-order valence-corrected chi connectivity index (χ4v) is 2.96. The van der Waals surface area contributed by atoms with E-state index in [4.69, 9.17) is 4.74 Å². The van der Waals surface area contributed by atoms with E-state index in [1.807, 2.05) is 13.0 Å². The van der Waals surface area contributed by atoms with E-state index in [2.05, 4.69) is 14.9 Å². The molecule has 1 aromatic carbocycles. The third-order valence-electron chi connectivity index (χ3n) is 2.92. The van der Waals surface area contributed by atoms with E-state index in [1.54, 1.807) is 25.4 Å². The summed E-state index contributed by atoms with van der Waals surface area (Å²) < 4.78 is 31.9. The van der Waals surface area contributed by atoms with Crippen LogP contribution in [0.1, 0.15) is 11.3 Å². The van der Waals surface area contributed by atoms with Gasteiger partial charge in [0.2, 0.25) is 10.0 Å². The first-order valence-corrected chi connectivity index (χ1v) is 7.64. The van der Waals surface area contributed by atoms with Gasteiger partial charge in [0.05, 0.1) is 12.0 Å². The first-order valence-electron chi connectivity index (χ1n) is 6.15. The lowest BCUT2D eigenvalue weighted by molar-refractivity contribution is 0.411. The molecule has 0 radical (unpaired) electrons. The van der Waals surface area contributed by atoms with E-state index < -0.39 is 10.0 Å². The van der Waals surface area contributed by atoms with Crippen molar-refractivity contribution >= 4 is 10.0 Å². The highest BCUT2D eigenvalue weighted by Gasteiger charge is 2.14. The minimum atomic E-state index is -3.50. The number of aromatic amines is 1. The molecule has 1 aromatic heterocycles. The van der Waals surface area contributed by atoms with E-state index in [1.165, 1.54) is 6.07 Å². The van der Waals surface area contributed by atoms with Crippen molar-refractivity contribution in [2.75, 3.05) is 13.7 Å². The van der Waals surface area contributed by atoms with Gasteiger partial charge in [-0.25, -0.2) is 13.1 Å². The summed E-state index contributed by atoms with van der Waals surface area (Å²) in [6.45, 7) is 2.12. The standard InChI is InChI=1S/C13H17N3O3S/c1-10-9-12(3-4-13(10)19-2)20(17,18)15-8-6-11-5-7-14-16-11/h3-5,7,9,15H,6,8H2,1-2H3,(H,14,16). The molecule has 20 heavy (non-hydrogen) atoms. The van der Waals surface area contributed by atoms with Crippen LogP contribution in [0.5, 0.6) is 5.75 Å². The molecule has 0 aliphatic heterocycles. The van der Waals surface area contributed by atoms with Crippen LogP contribution in [0.25, 0.3) is 0 Å². The molecule has 0 amide bonds. The van der Waals surface area contributed by atoms with Crippen LogP contribution in [-0.2, 0) is 16.4 Å². The van der Waals surface area contributed by atoms with E-state index in [9.17, 15) is 8.42 Å². The maximum absolute atomic E-state index is 12.1. The Kier molecular flexibility index (Phi) is 4.41. The predicted molar refractivity (Wildman–Crippen MR) is 75.2 cm³/mol. The molecule has 0 atom stereocenters. The lowest BCUT2D eigenvalue weighted by atomic mass is 10.2. The third kappa shape index (κ3) is 3.37. The molecule has 2 aromatic rings. The number of nitrogens with zero attached hydrogens (tertiary/aromatic N) is 1. The number of aryl methyl sites for hydroxylation is 1. The Labute approximate surface area is 118 Å². The van der Waals surface area contributed by atoms with Crippen LogP contribution < -0.4 is 9.46 Å². The number of nitrogens with one attached hydrogen (secondary N) is 2. The van der Waals surface area contributed by atoms with Crippen molar-refractivity contribution in [1.82, 2.24) is 14.9 Å². The second-order valence-corrected chi connectivity index (χ2v) is 6.13. The van der Waals surface area contributed by atoms with Crippen molar-refractivity contribution < 1.29 is 13.2 Å². The summed E-state index contributed by atoms with van der Waals surface area (Å²) in [5, 5.41) is 6.60. The van der Waals surface area contributed by atoms with Gasteiger partial charge in [-0.3, -0.25) is 5.10 Å². The first kappa shape index (κ1) is 14.5. The lowest BCUT2D eigenvalue weighted by Gasteiger charge is -2.09. The first-order chi connectivity index (χ1) is 9.53. The van der Waals surface area contributed by atoms with Gasteiger partial charge in [0.15, 0.2) is 0 Å². The average Bonchev–Trinajstić information content (AvgIpc) is 2.91. The van der Waals surface area contributed by atoms with E-state index in [-0.39, 0.29) is 4.90 Å². The van der Waals surface area contributed by atoms with Crippen LogP contribution in [0.3, 0.4) is 0 Å². The van der Waals surface area contributed by atoms with Crippen molar-refractivity contribution in [3.63, 3.8) is 0 Å². The monoisotopic (exact) mass is 295 g/mol. The Morgan fingerprint density at radius 1 is 1.35 bits per heavy atom. The highest BCUT2D eigenvalue weighted by molar-refractivity contribution is 7.89. The molecule has 2 rings (SSSR count). The highest BCUT2D eigenvalue weighted by atomic mass is 32.2. The fraction of sp³-hybridized carbons (Fsp3) is 0.308. The molecule has 108 valence electrons. The highest BCUT2D eigenvalue weighted by Crippen LogP contribution is 2.21. The van der Waals surface area contributed by atoms with Gasteiger partial charge in [-0.05, 0) is 36.8 Å². The van der Waals surface area contributed by atoms with Gasteiger partial charge in [0, 0.05) is 24.9 Å². The van der Waals surface area contributed by atoms with Crippen molar-refractivity contribution in [2.24, 2.45) is 0 Å². The third-order valence-corrected chi connectivity index (χ3v) is 4.38. The lowest BCUT2D eigenvalue weighted by Crippen LogP contribution is -2.26. The van der Waals surface area contributed by atoms with Gasteiger partial charge in [-0.2, -0.15) is 5.10 Å². The minimum Gasteiger partial charge on any atom is -0.496 e. The zero-order chi connectivity index (χ0) is 14.6. The number of hydrogen-bond acceptors (Lipinski definition) is 4. The second-order valence-electron chi connectivity index (χ2n) is 4.36. The Hall–Kier alpha value is -1.86. The number of sulfonamides is 1. The average molecular weight is 295 g/mol. The summed E-state index contributed by atoms with van der Waals surface area (Å²) >= 11 is 0. The topological polar surface area (TPSA) is 84.1 Å². The van der Waals surface area contributed by atoms with Crippen molar-refractivity contribution in [3.05, 3.63) is 41.7 Å². The predicted octanol–water partition coefficient (Wildman–Crippen LogP) is 1.25. The van der Waals surface area contributed by atoms with Crippen LogP contribution in [0.15, 0.2) is 35.4 Å². The fourth-order valence-electron chi connectivity index (χ4n) is 1.85. The number of H-pyrrole nitrogens is 1. The molecule has 0 bridgehead atoms. The molecule has 0 aliphatic rings. The number of hydrogen-bond donors (Lipinski definition) is 2. The van der Waals surface area contributed by atoms with Gasteiger partial charge in [-0.1, -0.05) is 0 Å². The number of aromatic nitrogens is 2. The molecule has 0 saturated heterocycles. The van der Waals surface area contributed by atoms with Gasteiger partial charge >= 0.3 is 0 Å². The Morgan fingerprint density at radius 2 is 2.15 bits per heavy atom. The van der Waals surface area contributed by atoms with Gasteiger partial charge in [0.1, 0.15) is 5.75 Å². The maximum atomic E-state index is 12.1. The SMILES string of the molecule is COc1ccc(S(=O)(=O)NCCc2ccn[nH]2)cc1C. The van der Waals surface area contributed by atoms with Crippen LogP contribution >= 0.6 is 0 Å². The summed E-state index contributed by atoms with van der Waals surface area (Å²) in [6.07, 6.45) is 2.20. The van der Waals surface area contributed by atoms with E-state index in [0.717, 1.165) is 11.3 Å². The van der Waals surface area contributed by atoms with Crippen LogP contribution in [0, 0.1) is 6.92 Å². The molecule has 0 saturated carbocycles. The van der Waals surface area contributed by atoms with Crippen LogP contribution in [0.4, 0.5) is 0 Å². The van der Waals surface area contributed by atoms with Crippen molar-refractivity contribution in [3.8, 4) is 5.75 Å². The number of benzene rings is 1. The quantitative estimate of drug-likeness (QED) is 0.840. The molecular formula is C13H17N3O3S. The Bertz CT molecular complexity index is 666. The van der Waals surface area contributed by atoms with Crippen LogP contribution in [0.2, 0.25) is 0 Å². The van der Waals surface area contributed by atoms with Gasteiger partial charge in [-0.15, -0.1) is 0 Å². The minimum absolute atomic E-state index is 0.236. The van der Waals surface area contributed by atoms with Gasteiger partial charge in [0.25, 0.3) is 0 Å². The molecule has 0 spiro atoms. The largest absolute Gasteiger partial charge is 0.496 e. The van der Waals surface area contributed by atoms with E-state index >= 15 is 0 Å². The molecule has 6 nitrogen and oxygen atoms in total. The Balaban J connectivity index is 2.04. The summed E-state index contributed by atoms with van der Waals surface area (Å²) in [7, 11) is -1.95. The number of rotatable bonds is 6. The smallest absolute Gasteiger partial charge is 0.240 e. The zero-order valence-electron chi connectivity index (χ0n) is 11.4. The normalized spacial score (nSPS) is 11.5. The molecule has 0 fully saturated rings. The summed E-state index contributed by atoms with van der Waals surface area (Å²) in [4.78, 5) is 0.236. The summed E-state index contributed by atoms with van der Waals surface area (Å²) in [5.74, 6) is 0.668. The molecule has 2 N–H and O–H groups in total. The van der Waals surface area contributed by atoms with Crippen molar-refractivity contribution in [1.29, 1.82) is 0 Å². The molecule has 0 aliphatic carbocycles.